The SMILES string of the molecule is Cc1ccc(C2NNC3c4cc5c(cc4N(Cc4ccccc4)CC23)OCCO5)cc1. The summed E-state index contributed by atoms with van der Waals surface area (Å²) in [6, 6.07) is 24.4. The van der Waals surface area contributed by atoms with Crippen LogP contribution in [-0.2, 0) is 6.54 Å². The number of fused-ring (bicyclic) bond motifs is 4. The van der Waals surface area contributed by atoms with Crippen molar-refractivity contribution in [1.29, 1.82) is 0 Å². The fraction of sp³-hybridized carbons (Fsp3) is 0.308. The number of nitrogens with zero attached hydrogens (tertiary/aromatic N) is 1. The first-order valence-corrected chi connectivity index (χ1v) is 11.1. The minimum Gasteiger partial charge on any atom is -0.486 e. The van der Waals surface area contributed by atoms with Gasteiger partial charge in [-0.3, -0.25) is 0 Å². The third-order valence-corrected chi connectivity index (χ3v) is 6.70. The predicted octanol–water partition coefficient (Wildman–Crippen LogP) is 4.29. The van der Waals surface area contributed by atoms with Crippen molar-refractivity contribution < 1.29 is 9.47 Å². The van der Waals surface area contributed by atoms with Crippen LogP contribution in [0.1, 0.15) is 34.3 Å². The topological polar surface area (TPSA) is 45.8 Å². The third-order valence-electron chi connectivity index (χ3n) is 6.70. The maximum atomic E-state index is 5.92. The van der Waals surface area contributed by atoms with E-state index >= 15 is 0 Å². The first-order valence-electron chi connectivity index (χ1n) is 11.1. The average Bonchev–Trinajstić information content (AvgIpc) is 3.23. The third kappa shape index (κ3) is 3.34. The van der Waals surface area contributed by atoms with Crippen LogP contribution in [0.15, 0.2) is 66.7 Å². The van der Waals surface area contributed by atoms with Crippen LogP contribution in [0.5, 0.6) is 11.5 Å². The highest BCUT2D eigenvalue weighted by Crippen LogP contribution is 2.49. The Kier molecular flexibility index (Phi) is 4.59. The number of benzene rings is 3. The lowest BCUT2D eigenvalue weighted by Crippen LogP contribution is -2.39. The van der Waals surface area contributed by atoms with Crippen LogP contribution in [0.3, 0.4) is 0 Å². The first-order chi connectivity index (χ1) is 15.3. The van der Waals surface area contributed by atoms with Gasteiger partial charge >= 0.3 is 0 Å². The molecule has 0 amide bonds. The molecule has 0 radical (unpaired) electrons. The van der Waals surface area contributed by atoms with E-state index in [2.05, 4.69) is 89.4 Å². The zero-order chi connectivity index (χ0) is 20.8. The maximum absolute atomic E-state index is 5.92. The van der Waals surface area contributed by atoms with E-state index in [1.807, 2.05) is 0 Å². The highest BCUT2D eigenvalue weighted by molar-refractivity contribution is 5.65. The summed E-state index contributed by atoms with van der Waals surface area (Å²) >= 11 is 0. The molecule has 3 aliphatic heterocycles. The second-order valence-corrected chi connectivity index (χ2v) is 8.74. The van der Waals surface area contributed by atoms with Crippen LogP contribution in [0.2, 0.25) is 0 Å². The molecule has 158 valence electrons. The molecule has 0 saturated carbocycles. The lowest BCUT2D eigenvalue weighted by molar-refractivity contribution is 0.171. The van der Waals surface area contributed by atoms with Gasteiger partial charge in [0.1, 0.15) is 13.2 Å². The zero-order valence-corrected chi connectivity index (χ0v) is 17.7. The molecule has 0 bridgehead atoms. The quantitative estimate of drug-likeness (QED) is 0.671. The van der Waals surface area contributed by atoms with Gasteiger partial charge in [0.2, 0.25) is 0 Å². The lowest BCUT2D eigenvalue weighted by Gasteiger charge is -2.40. The van der Waals surface area contributed by atoms with Gasteiger partial charge in [-0.25, -0.2) is 10.9 Å². The highest BCUT2D eigenvalue weighted by Gasteiger charge is 2.44. The molecule has 6 rings (SSSR count). The molecule has 1 fully saturated rings. The summed E-state index contributed by atoms with van der Waals surface area (Å²) in [5.41, 5.74) is 13.6. The Hall–Kier alpha value is -3.02. The second-order valence-electron chi connectivity index (χ2n) is 8.74. The van der Waals surface area contributed by atoms with Crippen molar-refractivity contribution in [2.24, 2.45) is 5.92 Å². The number of rotatable bonds is 3. The molecule has 31 heavy (non-hydrogen) atoms. The highest BCUT2D eigenvalue weighted by atomic mass is 16.6. The molecule has 0 spiro atoms. The van der Waals surface area contributed by atoms with Crippen LogP contribution in [0.25, 0.3) is 0 Å². The van der Waals surface area contributed by atoms with E-state index in [9.17, 15) is 0 Å². The van der Waals surface area contributed by atoms with E-state index in [0.717, 1.165) is 24.6 Å². The second kappa shape index (κ2) is 7.59. The van der Waals surface area contributed by atoms with Crippen molar-refractivity contribution in [3.8, 4) is 11.5 Å². The van der Waals surface area contributed by atoms with E-state index in [1.54, 1.807) is 0 Å². The normalized spacial score (nSPS) is 23.9. The Morgan fingerprint density at radius 1 is 0.871 bits per heavy atom. The summed E-state index contributed by atoms with van der Waals surface area (Å²) in [5.74, 6) is 2.11. The Morgan fingerprint density at radius 3 is 2.35 bits per heavy atom. The molecule has 2 N–H and O–H groups in total. The fourth-order valence-corrected chi connectivity index (χ4v) is 5.13. The minimum atomic E-state index is 0.226. The largest absolute Gasteiger partial charge is 0.486 e. The van der Waals surface area contributed by atoms with Gasteiger partial charge in [0.05, 0.1) is 12.1 Å². The van der Waals surface area contributed by atoms with Gasteiger partial charge in [0.25, 0.3) is 0 Å². The Morgan fingerprint density at radius 2 is 1.58 bits per heavy atom. The van der Waals surface area contributed by atoms with Crippen LogP contribution in [0, 0.1) is 12.8 Å². The van der Waals surface area contributed by atoms with Crippen molar-refractivity contribution in [2.75, 3.05) is 24.7 Å². The fourth-order valence-electron chi connectivity index (χ4n) is 5.13. The van der Waals surface area contributed by atoms with Gasteiger partial charge in [-0.15, -0.1) is 0 Å². The number of hydrogen-bond donors (Lipinski definition) is 2. The summed E-state index contributed by atoms with van der Waals surface area (Å²) in [6.45, 7) is 5.18. The summed E-state index contributed by atoms with van der Waals surface area (Å²) in [6.07, 6.45) is 0. The van der Waals surface area contributed by atoms with Crippen molar-refractivity contribution in [3.05, 3.63) is 89.0 Å². The lowest BCUT2D eigenvalue weighted by atomic mass is 9.81. The van der Waals surface area contributed by atoms with Crippen LogP contribution in [0.4, 0.5) is 5.69 Å². The number of hydrogen-bond acceptors (Lipinski definition) is 5. The summed E-state index contributed by atoms with van der Waals surface area (Å²) in [5, 5.41) is 0. The number of nitrogens with one attached hydrogen (secondary N) is 2. The molecule has 0 aromatic heterocycles. The summed E-state index contributed by atoms with van der Waals surface area (Å²) < 4.78 is 11.8. The molecule has 3 atom stereocenters. The molecule has 3 aromatic carbocycles. The summed E-state index contributed by atoms with van der Waals surface area (Å²) in [4.78, 5) is 2.50. The van der Waals surface area contributed by atoms with Gasteiger partial charge in [-0.1, -0.05) is 60.2 Å². The average molecular weight is 414 g/mol. The van der Waals surface area contributed by atoms with Crippen molar-refractivity contribution >= 4 is 5.69 Å². The molecule has 3 heterocycles. The van der Waals surface area contributed by atoms with E-state index < -0.39 is 0 Å². The maximum Gasteiger partial charge on any atom is 0.163 e. The van der Waals surface area contributed by atoms with Crippen molar-refractivity contribution in [1.82, 2.24) is 10.9 Å². The Labute approximate surface area is 183 Å². The Bertz CT molecular complexity index is 1080. The molecule has 3 unspecified atom stereocenters. The van der Waals surface area contributed by atoms with Crippen LogP contribution in [-0.4, -0.2) is 19.8 Å². The zero-order valence-electron chi connectivity index (χ0n) is 17.7. The number of aryl methyl sites for hydroxylation is 1. The van der Waals surface area contributed by atoms with E-state index in [0.29, 0.717) is 19.1 Å². The minimum absolute atomic E-state index is 0.226. The molecule has 5 heteroatoms. The number of hydrazine groups is 1. The number of anilines is 1. The van der Waals surface area contributed by atoms with E-state index in [1.165, 1.54) is 27.9 Å². The van der Waals surface area contributed by atoms with E-state index in [-0.39, 0.29) is 12.1 Å². The molecule has 1 saturated heterocycles. The van der Waals surface area contributed by atoms with Gasteiger partial charge in [0, 0.05) is 30.8 Å². The molecular formula is C26H27N3O2. The van der Waals surface area contributed by atoms with Gasteiger partial charge in [-0.2, -0.15) is 0 Å². The van der Waals surface area contributed by atoms with Crippen molar-refractivity contribution in [2.45, 2.75) is 25.6 Å². The molecule has 0 aliphatic carbocycles. The standard InChI is InChI=1S/C26H27N3O2/c1-17-7-9-19(10-8-17)25-21-16-29(15-18-5-3-2-4-6-18)22-14-24-23(30-11-12-31-24)13-20(22)26(21)28-27-25/h2-10,13-14,21,25-28H,11-12,15-16H2,1H3. The van der Waals surface area contributed by atoms with Gasteiger partial charge < -0.3 is 14.4 Å². The summed E-state index contributed by atoms with van der Waals surface area (Å²) in [7, 11) is 0. The van der Waals surface area contributed by atoms with Gasteiger partial charge in [0.15, 0.2) is 11.5 Å². The van der Waals surface area contributed by atoms with Crippen LogP contribution >= 0.6 is 0 Å². The Balaban J connectivity index is 1.41. The monoisotopic (exact) mass is 413 g/mol. The molecule has 3 aromatic rings. The first kappa shape index (κ1) is 18.7. The molecule has 3 aliphatic rings. The molecular weight excluding hydrogens is 386 g/mol. The molecule has 5 nitrogen and oxygen atoms in total. The van der Waals surface area contributed by atoms with Crippen LogP contribution < -0.4 is 25.2 Å². The van der Waals surface area contributed by atoms with Gasteiger partial charge in [-0.05, 0) is 29.7 Å². The smallest absolute Gasteiger partial charge is 0.163 e. The predicted molar refractivity (Wildman–Crippen MR) is 121 cm³/mol. The number of ether oxygens (including phenoxy) is 2. The van der Waals surface area contributed by atoms with Crippen molar-refractivity contribution in [3.63, 3.8) is 0 Å². The van der Waals surface area contributed by atoms with E-state index in [4.69, 9.17) is 9.47 Å².